The minimum atomic E-state index is -4.55. The molecule has 1 heterocycles. The van der Waals surface area contributed by atoms with E-state index >= 15 is 0 Å². The third-order valence-electron chi connectivity index (χ3n) is 2.59. The standard InChI is InChI=1S/C13H11F3N2O2S/c1-7-10(21-12(17-7)13(14,15)16)11(19)18-8-3-5-9(20-2)6-4-8/h3-6H,1-2H3,(H,18,19). The Balaban J connectivity index is 2.18. The Labute approximate surface area is 122 Å². The molecule has 0 unspecified atom stereocenters. The van der Waals surface area contributed by atoms with E-state index in [9.17, 15) is 18.0 Å². The summed E-state index contributed by atoms with van der Waals surface area (Å²) in [6, 6.07) is 6.46. The van der Waals surface area contributed by atoms with Gasteiger partial charge in [0.25, 0.3) is 5.91 Å². The van der Waals surface area contributed by atoms with Gasteiger partial charge >= 0.3 is 6.18 Å². The maximum atomic E-state index is 12.6. The molecule has 2 rings (SSSR count). The maximum absolute atomic E-state index is 12.6. The number of ether oxygens (including phenoxy) is 1. The van der Waals surface area contributed by atoms with Gasteiger partial charge in [0, 0.05) is 5.69 Å². The zero-order chi connectivity index (χ0) is 15.6. The van der Waals surface area contributed by atoms with E-state index in [-0.39, 0.29) is 10.6 Å². The number of carbonyl (C=O) groups excluding carboxylic acids is 1. The lowest BCUT2D eigenvalue weighted by atomic mass is 10.3. The zero-order valence-electron chi connectivity index (χ0n) is 11.1. The van der Waals surface area contributed by atoms with Crippen LogP contribution in [0.1, 0.15) is 20.4 Å². The number of aryl methyl sites for hydroxylation is 1. The molecule has 1 amide bonds. The van der Waals surface area contributed by atoms with Crippen LogP contribution in [0.5, 0.6) is 5.75 Å². The average molecular weight is 316 g/mol. The van der Waals surface area contributed by atoms with E-state index in [0.29, 0.717) is 22.8 Å². The van der Waals surface area contributed by atoms with Crippen LogP contribution in [0.15, 0.2) is 24.3 Å². The number of amides is 1. The van der Waals surface area contributed by atoms with Crippen LogP contribution in [0.25, 0.3) is 0 Å². The summed E-state index contributed by atoms with van der Waals surface area (Å²) < 4.78 is 42.6. The molecule has 0 aliphatic carbocycles. The number of methoxy groups -OCH3 is 1. The molecule has 0 radical (unpaired) electrons. The fourth-order valence-corrected chi connectivity index (χ4v) is 2.42. The molecule has 0 saturated heterocycles. The van der Waals surface area contributed by atoms with E-state index in [0.717, 1.165) is 0 Å². The summed E-state index contributed by atoms with van der Waals surface area (Å²) in [5, 5.41) is 1.50. The van der Waals surface area contributed by atoms with Gasteiger partial charge in [0.05, 0.1) is 12.8 Å². The highest BCUT2D eigenvalue weighted by molar-refractivity contribution is 7.14. The largest absolute Gasteiger partial charge is 0.497 e. The number of halogens is 3. The summed E-state index contributed by atoms with van der Waals surface area (Å²) in [5.41, 5.74) is 0.514. The van der Waals surface area contributed by atoms with Gasteiger partial charge in [-0.15, -0.1) is 11.3 Å². The fraction of sp³-hybridized carbons (Fsp3) is 0.231. The first-order chi connectivity index (χ1) is 9.81. The molecule has 0 aliphatic rings. The van der Waals surface area contributed by atoms with Crippen molar-refractivity contribution in [2.45, 2.75) is 13.1 Å². The first-order valence-corrected chi connectivity index (χ1v) is 6.63. The summed E-state index contributed by atoms with van der Waals surface area (Å²) in [4.78, 5) is 15.3. The van der Waals surface area contributed by atoms with Crippen molar-refractivity contribution in [1.29, 1.82) is 0 Å². The Kier molecular flexibility index (Phi) is 4.17. The molecule has 0 spiro atoms. The smallest absolute Gasteiger partial charge is 0.443 e. The van der Waals surface area contributed by atoms with Gasteiger partial charge in [0.15, 0.2) is 5.01 Å². The van der Waals surface area contributed by atoms with Crippen LogP contribution in [-0.2, 0) is 6.18 Å². The molecule has 4 nitrogen and oxygen atoms in total. The normalized spacial score (nSPS) is 11.3. The van der Waals surface area contributed by atoms with Crippen molar-refractivity contribution in [3.05, 3.63) is 39.8 Å². The second kappa shape index (κ2) is 5.72. The van der Waals surface area contributed by atoms with E-state index in [1.165, 1.54) is 14.0 Å². The lowest BCUT2D eigenvalue weighted by Crippen LogP contribution is -2.11. The van der Waals surface area contributed by atoms with Crippen molar-refractivity contribution in [2.75, 3.05) is 12.4 Å². The van der Waals surface area contributed by atoms with Gasteiger partial charge in [-0.2, -0.15) is 13.2 Å². The molecule has 0 fully saturated rings. The number of nitrogens with zero attached hydrogens (tertiary/aromatic N) is 1. The van der Waals surface area contributed by atoms with E-state index < -0.39 is 17.1 Å². The number of alkyl halides is 3. The van der Waals surface area contributed by atoms with Gasteiger partial charge in [-0.1, -0.05) is 0 Å². The summed E-state index contributed by atoms with van der Waals surface area (Å²) in [6.45, 7) is 1.37. The second-order valence-corrected chi connectivity index (χ2v) is 5.11. The van der Waals surface area contributed by atoms with Crippen LogP contribution < -0.4 is 10.1 Å². The third-order valence-corrected chi connectivity index (χ3v) is 3.79. The maximum Gasteiger partial charge on any atom is 0.443 e. The van der Waals surface area contributed by atoms with Gasteiger partial charge in [0.2, 0.25) is 0 Å². The van der Waals surface area contributed by atoms with Gasteiger partial charge in [0.1, 0.15) is 10.6 Å². The summed E-state index contributed by atoms with van der Waals surface area (Å²) in [7, 11) is 1.51. The SMILES string of the molecule is COc1ccc(NC(=O)c2sc(C(F)(F)F)nc2C)cc1. The summed E-state index contributed by atoms with van der Waals surface area (Å²) >= 11 is 0.329. The predicted octanol–water partition coefficient (Wildman–Crippen LogP) is 3.73. The molecule has 2 aromatic rings. The van der Waals surface area contributed by atoms with Gasteiger partial charge in [-0.25, -0.2) is 4.98 Å². The molecule has 0 bridgehead atoms. The van der Waals surface area contributed by atoms with Crippen molar-refractivity contribution >= 4 is 22.9 Å². The molecule has 0 saturated carbocycles. The molecular formula is C13H11F3N2O2S. The number of hydrogen-bond donors (Lipinski definition) is 1. The molecule has 1 aromatic heterocycles. The van der Waals surface area contributed by atoms with Crippen LogP contribution in [0, 0.1) is 6.92 Å². The number of hydrogen-bond acceptors (Lipinski definition) is 4. The Morgan fingerprint density at radius 2 is 1.90 bits per heavy atom. The highest BCUT2D eigenvalue weighted by Crippen LogP contribution is 2.34. The van der Waals surface area contributed by atoms with E-state index in [2.05, 4.69) is 10.3 Å². The highest BCUT2D eigenvalue weighted by atomic mass is 32.1. The first-order valence-electron chi connectivity index (χ1n) is 5.81. The van der Waals surface area contributed by atoms with E-state index in [1.807, 2.05) is 0 Å². The molecule has 0 atom stereocenters. The summed E-state index contributed by atoms with van der Waals surface area (Å²) in [5.74, 6) is -0.00741. The van der Waals surface area contributed by atoms with Gasteiger partial charge in [-0.05, 0) is 31.2 Å². The van der Waals surface area contributed by atoms with Crippen LogP contribution in [0.4, 0.5) is 18.9 Å². The summed E-state index contributed by atoms with van der Waals surface area (Å²) in [6.07, 6.45) is -4.55. The van der Waals surface area contributed by atoms with Crippen LogP contribution in [0.3, 0.4) is 0 Å². The quantitative estimate of drug-likeness (QED) is 0.938. The zero-order valence-corrected chi connectivity index (χ0v) is 11.9. The van der Waals surface area contributed by atoms with Crippen molar-refractivity contribution < 1.29 is 22.7 Å². The Bertz CT molecular complexity index is 650. The molecule has 1 aromatic carbocycles. The Hall–Kier alpha value is -2.09. The fourth-order valence-electron chi connectivity index (χ4n) is 1.59. The van der Waals surface area contributed by atoms with Crippen molar-refractivity contribution in [3.8, 4) is 5.75 Å². The highest BCUT2D eigenvalue weighted by Gasteiger charge is 2.36. The molecule has 1 N–H and O–H groups in total. The van der Waals surface area contributed by atoms with Gasteiger partial charge in [-0.3, -0.25) is 4.79 Å². The average Bonchev–Trinajstić information content (AvgIpc) is 2.82. The van der Waals surface area contributed by atoms with Crippen LogP contribution >= 0.6 is 11.3 Å². The molecule has 0 aliphatic heterocycles. The van der Waals surface area contributed by atoms with E-state index in [1.54, 1.807) is 24.3 Å². The van der Waals surface area contributed by atoms with Crippen LogP contribution in [-0.4, -0.2) is 18.0 Å². The Morgan fingerprint density at radius 3 is 2.38 bits per heavy atom. The number of carbonyl (C=O) groups is 1. The van der Waals surface area contributed by atoms with Gasteiger partial charge < -0.3 is 10.1 Å². The van der Waals surface area contributed by atoms with Crippen molar-refractivity contribution in [3.63, 3.8) is 0 Å². The van der Waals surface area contributed by atoms with Crippen LogP contribution in [0.2, 0.25) is 0 Å². The molecule has 8 heteroatoms. The lowest BCUT2D eigenvalue weighted by molar-refractivity contribution is -0.137. The topological polar surface area (TPSA) is 51.2 Å². The lowest BCUT2D eigenvalue weighted by Gasteiger charge is -2.05. The minimum absolute atomic E-state index is 0.0540. The van der Waals surface area contributed by atoms with Crippen molar-refractivity contribution in [2.24, 2.45) is 0 Å². The Morgan fingerprint density at radius 1 is 1.29 bits per heavy atom. The number of anilines is 1. The number of benzene rings is 1. The molecule has 21 heavy (non-hydrogen) atoms. The third kappa shape index (κ3) is 3.52. The minimum Gasteiger partial charge on any atom is -0.497 e. The predicted molar refractivity (Wildman–Crippen MR) is 72.8 cm³/mol. The number of rotatable bonds is 3. The number of aromatic nitrogens is 1. The monoisotopic (exact) mass is 316 g/mol. The van der Waals surface area contributed by atoms with E-state index in [4.69, 9.17) is 4.74 Å². The molecular weight excluding hydrogens is 305 g/mol. The molecule has 112 valence electrons. The second-order valence-electron chi connectivity index (χ2n) is 4.11. The first kappa shape index (κ1) is 15.3. The number of nitrogens with one attached hydrogen (secondary N) is 1. The van der Waals surface area contributed by atoms with Crippen molar-refractivity contribution in [1.82, 2.24) is 4.98 Å². The number of thiazole rings is 1.